The van der Waals surface area contributed by atoms with Gasteiger partial charge in [0.15, 0.2) is 0 Å². The number of nitrogens with one attached hydrogen (secondary N) is 1. The highest BCUT2D eigenvalue weighted by atomic mass is 16.6. The fraction of sp³-hybridized carbons (Fsp3) is 0.158. The lowest BCUT2D eigenvalue weighted by Gasteiger charge is -2.06. The lowest BCUT2D eigenvalue weighted by Crippen LogP contribution is -2.22. The molecule has 0 fully saturated rings. The van der Waals surface area contributed by atoms with E-state index < -0.39 is 10.8 Å². The first kappa shape index (κ1) is 17.5. The Morgan fingerprint density at radius 3 is 2.93 bits per heavy atom. The number of benzene rings is 2. The van der Waals surface area contributed by atoms with Gasteiger partial charge in [-0.1, -0.05) is 12.1 Å². The van der Waals surface area contributed by atoms with Crippen LogP contribution in [0, 0.1) is 10.1 Å². The first-order chi connectivity index (χ1) is 13.5. The quantitative estimate of drug-likeness (QED) is 0.424. The van der Waals surface area contributed by atoms with Crippen LogP contribution in [0.1, 0.15) is 28.2 Å². The maximum absolute atomic E-state index is 12.5. The minimum atomic E-state index is -0.519. The second-order valence-corrected chi connectivity index (χ2v) is 6.34. The summed E-state index contributed by atoms with van der Waals surface area (Å²) in [5, 5.41) is 15.3. The summed E-state index contributed by atoms with van der Waals surface area (Å²) in [6, 6.07) is 10.7. The molecule has 1 aliphatic heterocycles. The Morgan fingerprint density at radius 2 is 2.11 bits per heavy atom. The largest absolute Gasteiger partial charge is 0.296 e. The number of carbonyl (C=O) groups excluding carboxylic acids is 1. The van der Waals surface area contributed by atoms with Gasteiger partial charge in [-0.25, -0.2) is 10.4 Å². The van der Waals surface area contributed by atoms with Crippen LogP contribution in [-0.4, -0.2) is 26.6 Å². The number of aromatic nitrogens is 2. The zero-order valence-corrected chi connectivity index (χ0v) is 14.7. The zero-order valence-electron chi connectivity index (χ0n) is 14.7. The van der Waals surface area contributed by atoms with E-state index in [9.17, 15) is 19.7 Å². The molecule has 2 aromatic carbocycles. The fourth-order valence-corrected chi connectivity index (χ4v) is 3.21. The van der Waals surface area contributed by atoms with Crippen LogP contribution in [0.15, 0.2) is 52.4 Å². The molecule has 1 aliphatic rings. The third kappa shape index (κ3) is 3.13. The first-order valence-electron chi connectivity index (χ1n) is 8.65. The van der Waals surface area contributed by atoms with Gasteiger partial charge in [0.25, 0.3) is 17.2 Å². The molecule has 9 heteroatoms. The Morgan fingerprint density at radius 1 is 1.29 bits per heavy atom. The Bertz CT molecular complexity index is 1200. The highest BCUT2D eigenvalue weighted by Gasteiger charge is 2.17. The molecule has 0 spiro atoms. The number of fused-ring (bicyclic) bond motifs is 2. The van der Waals surface area contributed by atoms with Crippen molar-refractivity contribution in [3.8, 4) is 0 Å². The van der Waals surface area contributed by atoms with Gasteiger partial charge in [-0.15, -0.1) is 0 Å². The first-order valence-corrected chi connectivity index (χ1v) is 8.65. The number of para-hydroxylation sites is 1. The highest BCUT2D eigenvalue weighted by molar-refractivity contribution is 5.98. The van der Waals surface area contributed by atoms with Gasteiger partial charge in [0, 0.05) is 24.6 Å². The van der Waals surface area contributed by atoms with Crippen molar-refractivity contribution in [3.63, 3.8) is 0 Å². The monoisotopic (exact) mass is 377 g/mol. The van der Waals surface area contributed by atoms with E-state index in [1.807, 2.05) is 0 Å². The Balaban J connectivity index is 1.57. The Hall–Kier alpha value is -3.88. The maximum Gasteiger partial charge on any atom is 0.278 e. The van der Waals surface area contributed by atoms with Crippen molar-refractivity contribution in [1.29, 1.82) is 0 Å². The maximum atomic E-state index is 12.5. The second kappa shape index (κ2) is 7.03. The number of hydrogen-bond donors (Lipinski definition) is 1. The molecule has 28 heavy (non-hydrogen) atoms. The van der Waals surface area contributed by atoms with Gasteiger partial charge in [0.2, 0.25) is 0 Å². The summed E-state index contributed by atoms with van der Waals surface area (Å²) in [4.78, 5) is 39.8. The standard InChI is InChI=1S/C19H15N5O4/c25-18(22-20-11-13-4-1-2-5-16(13)24(27)28)12-7-8-14-15(10-12)21-17-6-3-9-23(17)19(14)26/h1-2,4-5,7-8,10-11H,3,6,9H2,(H,22,25)/b20-11-. The van der Waals surface area contributed by atoms with E-state index in [1.54, 1.807) is 28.8 Å². The number of nitrogens with zero attached hydrogens (tertiary/aromatic N) is 4. The number of amides is 1. The second-order valence-electron chi connectivity index (χ2n) is 6.34. The molecule has 9 nitrogen and oxygen atoms in total. The van der Waals surface area contributed by atoms with E-state index in [0.29, 0.717) is 23.0 Å². The number of carbonyl (C=O) groups is 1. The molecule has 1 N–H and O–H groups in total. The molecular weight excluding hydrogens is 362 g/mol. The number of hydrazone groups is 1. The minimum Gasteiger partial charge on any atom is -0.296 e. The number of rotatable bonds is 4. The smallest absolute Gasteiger partial charge is 0.278 e. The van der Waals surface area contributed by atoms with Crippen LogP contribution in [0.5, 0.6) is 0 Å². The number of hydrogen-bond acceptors (Lipinski definition) is 6. The average molecular weight is 377 g/mol. The van der Waals surface area contributed by atoms with Crippen molar-refractivity contribution in [2.75, 3.05) is 0 Å². The van der Waals surface area contributed by atoms with E-state index in [1.165, 1.54) is 24.4 Å². The highest BCUT2D eigenvalue weighted by Crippen LogP contribution is 2.17. The summed E-state index contributed by atoms with van der Waals surface area (Å²) in [5.41, 5.74) is 3.17. The van der Waals surface area contributed by atoms with Crippen LogP contribution in [0.4, 0.5) is 5.69 Å². The Kier molecular flexibility index (Phi) is 4.40. The van der Waals surface area contributed by atoms with Crippen molar-refractivity contribution < 1.29 is 9.72 Å². The topological polar surface area (TPSA) is 119 Å². The van der Waals surface area contributed by atoms with Gasteiger partial charge in [-0.05, 0) is 30.7 Å². The van der Waals surface area contributed by atoms with E-state index in [2.05, 4.69) is 15.5 Å². The molecule has 2 heterocycles. The third-order valence-electron chi connectivity index (χ3n) is 4.58. The molecule has 0 radical (unpaired) electrons. The van der Waals surface area contributed by atoms with Gasteiger partial charge in [-0.3, -0.25) is 24.3 Å². The molecule has 0 aliphatic carbocycles. The molecule has 4 rings (SSSR count). The average Bonchev–Trinajstić information content (AvgIpc) is 3.16. The van der Waals surface area contributed by atoms with E-state index in [-0.39, 0.29) is 16.8 Å². The molecule has 0 saturated carbocycles. The van der Waals surface area contributed by atoms with Gasteiger partial charge >= 0.3 is 0 Å². The lowest BCUT2D eigenvalue weighted by molar-refractivity contribution is -0.385. The Labute approximate surface area is 158 Å². The fourth-order valence-electron chi connectivity index (χ4n) is 3.21. The van der Waals surface area contributed by atoms with Gasteiger partial charge in [0.1, 0.15) is 5.82 Å². The molecule has 3 aromatic rings. The van der Waals surface area contributed by atoms with Crippen molar-refractivity contribution >= 4 is 28.7 Å². The minimum absolute atomic E-state index is 0.0983. The van der Waals surface area contributed by atoms with E-state index in [0.717, 1.165) is 18.7 Å². The normalized spacial score (nSPS) is 13.0. The number of nitro groups is 1. The summed E-state index contributed by atoms with van der Waals surface area (Å²) in [6.07, 6.45) is 2.84. The molecule has 0 unspecified atom stereocenters. The zero-order chi connectivity index (χ0) is 19.7. The number of nitro benzene ring substituents is 1. The molecular formula is C19H15N5O4. The van der Waals surface area contributed by atoms with Crippen LogP contribution >= 0.6 is 0 Å². The predicted octanol–water partition coefficient (Wildman–Crippen LogP) is 2.01. The van der Waals surface area contributed by atoms with Crippen molar-refractivity contribution in [2.45, 2.75) is 19.4 Å². The molecule has 0 atom stereocenters. The van der Waals surface area contributed by atoms with Crippen LogP contribution in [-0.2, 0) is 13.0 Å². The van der Waals surface area contributed by atoms with Gasteiger partial charge in [0.05, 0.1) is 27.6 Å². The summed E-state index contributed by atoms with van der Waals surface area (Å²) in [6.45, 7) is 0.666. The summed E-state index contributed by atoms with van der Waals surface area (Å²) >= 11 is 0. The lowest BCUT2D eigenvalue weighted by atomic mass is 10.1. The molecule has 1 aromatic heterocycles. The van der Waals surface area contributed by atoms with Crippen molar-refractivity contribution in [3.05, 3.63) is 79.9 Å². The summed E-state index contributed by atoms with van der Waals surface area (Å²) < 4.78 is 1.67. The van der Waals surface area contributed by atoms with Crippen molar-refractivity contribution in [1.82, 2.24) is 15.0 Å². The summed E-state index contributed by atoms with van der Waals surface area (Å²) in [5.74, 6) is 0.226. The van der Waals surface area contributed by atoms with Gasteiger partial charge in [-0.2, -0.15) is 5.10 Å². The van der Waals surface area contributed by atoms with Gasteiger partial charge < -0.3 is 0 Å². The van der Waals surface area contributed by atoms with E-state index in [4.69, 9.17) is 0 Å². The van der Waals surface area contributed by atoms with Crippen LogP contribution in [0.25, 0.3) is 10.9 Å². The van der Waals surface area contributed by atoms with Crippen LogP contribution < -0.4 is 11.0 Å². The molecule has 0 saturated heterocycles. The number of aryl methyl sites for hydroxylation is 1. The van der Waals surface area contributed by atoms with Crippen LogP contribution in [0.3, 0.4) is 0 Å². The van der Waals surface area contributed by atoms with E-state index >= 15 is 0 Å². The summed E-state index contributed by atoms with van der Waals surface area (Å²) in [7, 11) is 0. The predicted molar refractivity (Wildman–Crippen MR) is 102 cm³/mol. The molecule has 140 valence electrons. The van der Waals surface area contributed by atoms with Crippen molar-refractivity contribution in [2.24, 2.45) is 5.10 Å². The van der Waals surface area contributed by atoms with Crippen LogP contribution in [0.2, 0.25) is 0 Å². The molecule has 1 amide bonds. The SMILES string of the molecule is O=C(N/N=C\c1ccccc1[N+](=O)[O-])c1ccc2c(=O)n3c(nc2c1)CCC3. The molecule has 0 bridgehead atoms. The third-order valence-corrected chi connectivity index (χ3v) is 4.58.